The Morgan fingerprint density at radius 2 is 1.87 bits per heavy atom. The second kappa shape index (κ2) is 8.44. The number of hydrogen-bond donors (Lipinski definition) is 1. The van der Waals surface area contributed by atoms with E-state index in [2.05, 4.69) is 4.98 Å². The number of carbonyl (C=O) groups excluding carboxylic acids is 2. The van der Waals surface area contributed by atoms with Gasteiger partial charge in [-0.15, -0.1) is 0 Å². The van der Waals surface area contributed by atoms with E-state index in [0.29, 0.717) is 11.3 Å². The Morgan fingerprint density at radius 3 is 2.52 bits per heavy atom. The minimum absolute atomic E-state index is 0.0772. The molecule has 0 spiro atoms. The molecule has 0 aliphatic carbocycles. The van der Waals surface area contributed by atoms with Crippen LogP contribution in [0.3, 0.4) is 0 Å². The third-order valence-electron chi connectivity index (χ3n) is 5.42. The van der Waals surface area contributed by atoms with Crippen molar-refractivity contribution in [2.45, 2.75) is 19.5 Å². The van der Waals surface area contributed by atoms with Gasteiger partial charge in [0.1, 0.15) is 11.5 Å². The predicted molar refractivity (Wildman–Crippen MR) is 116 cm³/mol. The SMILES string of the molecule is COc1ccc(C(O)=C2C(=O)C(=O)N(Cc3cccnc3)[C@@H]2c2ccccc2)c(C)c1. The molecular weight excluding hydrogens is 392 g/mol. The highest BCUT2D eigenvalue weighted by atomic mass is 16.5. The second-order valence-electron chi connectivity index (χ2n) is 7.38. The summed E-state index contributed by atoms with van der Waals surface area (Å²) in [5.41, 5.74) is 2.85. The quantitative estimate of drug-likeness (QED) is 0.388. The lowest BCUT2D eigenvalue weighted by Crippen LogP contribution is -2.29. The van der Waals surface area contributed by atoms with Gasteiger partial charge in [-0.2, -0.15) is 0 Å². The van der Waals surface area contributed by atoms with E-state index in [1.165, 1.54) is 4.90 Å². The maximum Gasteiger partial charge on any atom is 0.295 e. The number of likely N-dealkylation sites (tertiary alicyclic amines) is 1. The fourth-order valence-corrected chi connectivity index (χ4v) is 3.89. The van der Waals surface area contributed by atoms with Crippen LogP contribution in [0.4, 0.5) is 0 Å². The molecule has 156 valence electrons. The predicted octanol–water partition coefficient (Wildman–Crippen LogP) is 4.02. The van der Waals surface area contributed by atoms with Gasteiger partial charge in [-0.1, -0.05) is 36.4 Å². The molecule has 0 saturated carbocycles. The topological polar surface area (TPSA) is 79.7 Å². The number of aryl methyl sites for hydroxylation is 1. The molecule has 1 aliphatic heterocycles. The zero-order valence-corrected chi connectivity index (χ0v) is 17.3. The molecule has 0 radical (unpaired) electrons. The van der Waals surface area contributed by atoms with E-state index in [1.54, 1.807) is 43.8 Å². The standard InChI is InChI=1S/C25H22N2O4/c1-16-13-19(31-2)10-11-20(16)23(28)21-22(18-8-4-3-5-9-18)27(25(30)24(21)29)15-17-7-6-12-26-14-17/h3-14,22,28H,15H2,1-2H3/t22-/m1/s1. The van der Waals surface area contributed by atoms with Crippen LogP contribution in [0.25, 0.3) is 5.76 Å². The number of aromatic nitrogens is 1. The molecular formula is C25H22N2O4. The van der Waals surface area contributed by atoms with E-state index < -0.39 is 17.7 Å². The van der Waals surface area contributed by atoms with Crippen molar-refractivity contribution in [2.75, 3.05) is 7.11 Å². The lowest BCUT2D eigenvalue weighted by molar-refractivity contribution is -0.140. The van der Waals surface area contributed by atoms with Gasteiger partial charge in [-0.3, -0.25) is 14.6 Å². The van der Waals surface area contributed by atoms with Crippen LogP contribution >= 0.6 is 0 Å². The largest absolute Gasteiger partial charge is 0.507 e. The molecule has 2 aromatic carbocycles. The lowest BCUT2D eigenvalue weighted by atomic mass is 9.94. The summed E-state index contributed by atoms with van der Waals surface area (Å²) in [7, 11) is 1.56. The van der Waals surface area contributed by atoms with Gasteiger partial charge >= 0.3 is 0 Å². The monoisotopic (exact) mass is 414 g/mol. The molecule has 3 aromatic rings. The molecule has 31 heavy (non-hydrogen) atoms. The van der Waals surface area contributed by atoms with E-state index in [1.807, 2.05) is 43.3 Å². The van der Waals surface area contributed by atoms with E-state index in [9.17, 15) is 14.7 Å². The third-order valence-corrected chi connectivity index (χ3v) is 5.42. The van der Waals surface area contributed by atoms with E-state index in [-0.39, 0.29) is 17.9 Å². The molecule has 6 nitrogen and oxygen atoms in total. The summed E-state index contributed by atoms with van der Waals surface area (Å²) in [6.45, 7) is 2.02. The Balaban J connectivity index is 1.86. The van der Waals surface area contributed by atoms with Gasteiger partial charge in [0.05, 0.1) is 18.7 Å². The second-order valence-corrected chi connectivity index (χ2v) is 7.38. The van der Waals surface area contributed by atoms with Crippen LogP contribution in [0.2, 0.25) is 0 Å². The summed E-state index contributed by atoms with van der Waals surface area (Å²) in [4.78, 5) is 31.7. The average Bonchev–Trinajstić information content (AvgIpc) is 3.04. The van der Waals surface area contributed by atoms with Crippen LogP contribution in [0.5, 0.6) is 5.75 Å². The Morgan fingerprint density at radius 1 is 1.10 bits per heavy atom. The molecule has 0 unspecified atom stereocenters. The number of nitrogens with zero attached hydrogens (tertiary/aromatic N) is 2. The number of hydrogen-bond acceptors (Lipinski definition) is 5. The minimum atomic E-state index is -0.706. The first-order valence-electron chi connectivity index (χ1n) is 9.88. The molecule has 1 fully saturated rings. The van der Waals surface area contributed by atoms with E-state index in [4.69, 9.17) is 4.74 Å². The van der Waals surface area contributed by atoms with Crippen LogP contribution in [0.1, 0.15) is 28.3 Å². The first-order chi connectivity index (χ1) is 15.0. The molecule has 1 saturated heterocycles. The fourth-order valence-electron chi connectivity index (χ4n) is 3.89. The number of ketones is 1. The molecule has 2 heterocycles. The van der Waals surface area contributed by atoms with Crippen LogP contribution in [0.15, 0.2) is 78.6 Å². The smallest absolute Gasteiger partial charge is 0.295 e. The number of methoxy groups -OCH3 is 1. The Labute approximate surface area is 180 Å². The van der Waals surface area contributed by atoms with Gasteiger partial charge in [-0.25, -0.2) is 0 Å². The van der Waals surface area contributed by atoms with Crippen molar-refractivity contribution in [2.24, 2.45) is 0 Å². The zero-order valence-electron chi connectivity index (χ0n) is 17.3. The Kier molecular flexibility index (Phi) is 5.54. The number of aliphatic hydroxyl groups is 1. The average molecular weight is 414 g/mol. The summed E-state index contributed by atoms with van der Waals surface area (Å²) in [6.07, 6.45) is 3.31. The number of ether oxygens (including phenoxy) is 1. The lowest BCUT2D eigenvalue weighted by Gasteiger charge is -2.25. The maximum atomic E-state index is 13.1. The van der Waals surface area contributed by atoms with Crippen LogP contribution in [-0.4, -0.2) is 33.8 Å². The van der Waals surface area contributed by atoms with Gasteiger partial charge < -0.3 is 14.7 Å². The summed E-state index contributed by atoms with van der Waals surface area (Å²) in [5.74, 6) is -0.900. The van der Waals surface area contributed by atoms with Gasteiger partial charge in [0.25, 0.3) is 11.7 Å². The van der Waals surface area contributed by atoms with Gasteiger partial charge in [0.15, 0.2) is 0 Å². The van der Waals surface area contributed by atoms with Gasteiger partial charge in [0.2, 0.25) is 0 Å². The van der Waals surface area contributed by atoms with Crippen molar-refractivity contribution < 1.29 is 19.4 Å². The fraction of sp³-hybridized carbons (Fsp3) is 0.160. The van der Waals surface area contributed by atoms with Crippen molar-refractivity contribution in [3.05, 3.63) is 101 Å². The molecule has 1 N–H and O–H groups in total. The highest BCUT2D eigenvalue weighted by Gasteiger charge is 2.46. The maximum absolute atomic E-state index is 13.1. The summed E-state index contributed by atoms with van der Waals surface area (Å²) in [6, 6.07) is 17.4. The van der Waals surface area contributed by atoms with Gasteiger partial charge in [-0.05, 0) is 47.9 Å². The third kappa shape index (κ3) is 3.80. The highest BCUT2D eigenvalue weighted by molar-refractivity contribution is 6.46. The number of carbonyl (C=O) groups is 2. The molecule has 6 heteroatoms. The summed E-state index contributed by atoms with van der Waals surface area (Å²) in [5, 5.41) is 11.2. The number of aliphatic hydroxyl groups excluding tert-OH is 1. The van der Waals surface area contributed by atoms with Crippen molar-refractivity contribution in [3.8, 4) is 5.75 Å². The molecule has 1 amide bonds. The van der Waals surface area contributed by atoms with Crippen molar-refractivity contribution in [1.29, 1.82) is 0 Å². The normalized spacial score (nSPS) is 17.7. The minimum Gasteiger partial charge on any atom is -0.507 e. The van der Waals surface area contributed by atoms with Crippen molar-refractivity contribution in [3.63, 3.8) is 0 Å². The zero-order chi connectivity index (χ0) is 22.0. The number of rotatable bonds is 5. The van der Waals surface area contributed by atoms with E-state index >= 15 is 0 Å². The molecule has 1 atom stereocenters. The van der Waals surface area contributed by atoms with Crippen LogP contribution < -0.4 is 4.74 Å². The number of pyridine rings is 1. The number of benzene rings is 2. The Bertz CT molecular complexity index is 1160. The number of amides is 1. The van der Waals surface area contributed by atoms with Crippen molar-refractivity contribution >= 4 is 17.4 Å². The summed E-state index contributed by atoms with van der Waals surface area (Å²) < 4.78 is 5.23. The van der Waals surface area contributed by atoms with Crippen LogP contribution in [0, 0.1) is 6.92 Å². The molecule has 1 aliphatic rings. The molecule has 4 rings (SSSR count). The molecule has 1 aromatic heterocycles. The molecule has 0 bridgehead atoms. The van der Waals surface area contributed by atoms with Crippen LogP contribution in [-0.2, 0) is 16.1 Å². The van der Waals surface area contributed by atoms with Crippen molar-refractivity contribution in [1.82, 2.24) is 9.88 Å². The summed E-state index contributed by atoms with van der Waals surface area (Å²) >= 11 is 0. The first kappa shape index (κ1) is 20.3. The first-order valence-corrected chi connectivity index (χ1v) is 9.88. The highest BCUT2D eigenvalue weighted by Crippen LogP contribution is 2.40. The Hall–Kier alpha value is -3.93. The van der Waals surface area contributed by atoms with Gasteiger partial charge in [0, 0.05) is 24.5 Å². The van der Waals surface area contributed by atoms with E-state index in [0.717, 1.165) is 16.7 Å². The number of Topliss-reactive ketones (excluding diaryl/α,β-unsaturated/α-hetero) is 1.